The summed E-state index contributed by atoms with van der Waals surface area (Å²) in [6.07, 6.45) is 1.97. The number of carbonyl (C=O) groups excluding carboxylic acids is 3. The first kappa shape index (κ1) is 20.7. The summed E-state index contributed by atoms with van der Waals surface area (Å²) in [6.45, 7) is 3.54. The number of ketones is 1. The predicted octanol–water partition coefficient (Wildman–Crippen LogP) is 4.17. The van der Waals surface area contributed by atoms with Crippen LogP contribution in [0.5, 0.6) is 0 Å². The number of amides is 1. The minimum absolute atomic E-state index is 0.0541. The fraction of sp³-hybridized carbons (Fsp3) is 0.286. The first-order valence-corrected chi connectivity index (χ1v) is 9.81. The quantitative estimate of drug-likeness (QED) is 0.419. The molecule has 0 aliphatic heterocycles. The first-order chi connectivity index (χ1) is 12.9. The molecule has 0 aliphatic rings. The normalized spacial score (nSPS) is 10.3. The van der Waals surface area contributed by atoms with Crippen LogP contribution >= 0.6 is 11.8 Å². The molecule has 0 saturated heterocycles. The fourth-order valence-electron chi connectivity index (χ4n) is 2.36. The Labute approximate surface area is 163 Å². The Kier molecular flexibility index (Phi) is 7.61. The van der Waals surface area contributed by atoms with Gasteiger partial charge in [0, 0.05) is 22.6 Å². The lowest BCUT2D eigenvalue weighted by molar-refractivity contribution is -0.147. The molecule has 27 heavy (non-hydrogen) atoms. The summed E-state index contributed by atoms with van der Waals surface area (Å²) in [4.78, 5) is 36.9. The van der Waals surface area contributed by atoms with Crippen LogP contribution in [0.4, 0.5) is 5.69 Å². The number of hydrogen-bond acceptors (Lipinski definition) is 5. The maximum absolute atomic E-state index is 12.2. The molecule has 2 aromatic rings. The van der Waals surface area contributed by atoms with Crippen LogP contribution < -0.4 is 5.32 Å². The average molecular weight is 385 g/mol. The van der Waals surface area contributed by atoms with E-state index < -0.39 is 11.9 Å². The van der Waals surface area contributed by atoms with E-state index in [4.69, 9.17) is 4.74 Å². The van der Waals surface area contributed by atoms with Crippen molar-refractivity contribution in [2.75, 3.05) is 18.2 Å². The van der Waals surface area contributed by atoms with Gasteiger partial charge in [0.15, 0.2) is 12.4 Å². The van der Waals surface area contributed by atoms with Crippen molar-refractivity contribution >= 4 is 35.1 Å². The molecular formula is C21H23NO4S. The van der Waals surface area contributed by atoms with Gasteiger partial charge in [-0.2, -0.15) is 0 Å². The Bertz CT molecular complexity index is 831. The van der Waals surface area contributed by atoms with Gasteiger partial charge in [-0.25, -0.2) is 0 Å². The highest BCUT2D eigenvalue weighted by Crippen LogP contribution is 2.17. The van der Waals surface area contributed by atoms with Crippen LogP contribution in [0.3, 0.4) is 0 Å². The van der Waals surface area contributed by atoms with Gasteiger partial charge in [-0.05, 0) is 61.6 Å². The molecule has 5 nitrogen and oxygen atoms in total. The van der Waals surface area contributed by atoms with Crippen LogP contribution in [-0.4, -0.2) is 30.5 Å². The Morgan fingerprint density at radius 1 is 0.963 bits per heavy atom. The molecule has 0 bridgehead atoms. The van der Waals surface area contributed by atoms with E-state index in [1.807, 2.05) is 44.4 Å². The van der Waals surface area contributed by atoms with E-state index in [0.29, 0.717) is 11.3 Å². The third kappa shape index (κ3) is 6.57. The van der Waals surface area contributed by atoms with Crippen molar-refractivity contribution in [3.05, 3.63) is 59.2 Å². The zero-order valence-corrected chi connectivity index (χ0v) is 16.5. The lowest BCUT2D eigenvalue weighted by Gasteiger charge is -2.07. The zero-order chi connectivity index (χ0) is 19.8. The van der Waals surface area contributed by atoms with Crippen molar-refractivity contribution in [3.63, 3.8) is 0 Å². The highest BCUT2D eigenvalue weighted by Gasteiger charge is 2.12. The topological polar surface area (TPSA) is 72.5 Å². The molecule has 1 amide bonds. The highest BCUT2D eigenvalue weighted by atomic mass is 32.2. The summed E-state index contributed by atoms with van der Waals surface area (Å²) in [6, 6.07) is 12.8. The number of rotatable bonds is 8. The van der Waals surface area contributed by atoms with E-state index >= 15 is 0 Å². The Balaban J connectivity index is 1.74. The van der Waals surface area contributed by atoms with E-state index in [-0.39, 0.29) is 25.2 Å². The first-order valence-electron chi connectivity index (χ1n) is 8.59. The van der Waals surface area contributed by atoms with Crippen molar-refractivity contribution in [2.45, 2.75) is 31.6 Å². The summed E-state index contributed by atoms with van der Waals surface area (Å²) in [5, 5.41) is 2.66. The van der Waals surface area contributed by atoms with Crippen molar-refractivity contribution < 1.29 is 19.1 Å². The minimum Gasteiger partial charge on any atom is -0.456 e. The number of hydrogen-bond donors (Lipinski definition) is 1. The third-order valence-electron chi connectivity index (χ3n) is 4.12. The Morgan fingerprint density at radius 2 is 1.67 bits per heavy atom. The molecule has 6 heteroatoms. The van der Waals surface area contributed by atoms with E-state index in [0.717, 1.165) is 16.0 Å². The average Bonchev–Trinajstić information content (AvgIpc) is 2.67. The number of anilines is 1. The second kappa shape index (κ2) is 9.92. The van der Waals surface area contributed by atoms with Crippen LogP contribution in [0.1, 0.15) is 34.3 Å². The van der Waals surface area contributed by atoms with Crippen molar-refractivity contribution in [2.24, 2.45) is 0 Å². The largest absolute Gasteiger partial charge is 0.456 e. The van der Waals surface area contributed by atoms with Gasteiger partial charge in [0.1, 0.15) is 0 Å². The lowest BCUT2D eigenvalue weighted by Crippen LogP contribution is -2.21. The van der Waals surface area contributed by atoms with E-state index in [2.05, 4.69) is 5.32 Å². The Hall–Kier alpha value is -2.60. The number of Topliss-reactive ketones (excluding diaryl/α,β-unsaturated/α-hetero) is 1. The molecule has 0 fully saturated rings. The molecule has 0 aliphatic carbocycles. The maximum atomic E-state index is 12.2. The summed E-state index contributed by atoms with van der Waals surface area (Å²) in [5.41, 5.74) is 3.36. The summed E-state index contributed by atoms with van der Waals surface area (Å²) >= 11 is 1.61. The number of esters is 1. The zero-order valence-electron chi connectivity index (χ0n) is 15.7. The molecule has 0 radical (unpaired) electrons. The lowest BCUT2D eigenvalue weighted by atomic mass is 10.0. The molecule has 2 rings (SSSR count). The van der Waals surface area contributed by atoms with Gasteiger partial charge in [-0.1, -0.05) is 12.1 Å². The molecule has 0 aromatic heterocycles. The smallest absolute Gasteiger partial charge is 0.306 e. The molecule has 0 unspecified atom stereocenters. The van der Waals surface area contributed by atoms with Gasteiger partial charge in [-0.3, -0.25) is 14.4 Å². The van der Waals surface area contributed by atoms with Gasteiger partial charge in [0.2, 0.25) is 0 Å². The number of ether oxygens (including phenoxy) is 1. The van der Waals surface area contributed by atoms with Crippen molar-refractivity contribution in [3.8, 4) is 0 Å². The predicted molar refractivity (Wildman–Crippen MR) is 107 cm³/mol. The second-order valence-corrected chi connectivity index (χ2v) is 7.04. The number of aryl methyl sites for hydroxylation is 2. The molecule has 142 valence electrons. The van der Waals surface area contributed by atoms with Crippen molar-refractivity contribution in [1.82, 2.24) is 0 Å². The number of carbonyl (C=O) groups is 3. The van der Waals surface area contributed by atoms with Crippen LogP contribution in [-0.2, 0) is 14.3 Å². The Morgan fingerprint density at radius 3 is 2.30 bits per heavy atom. The number of nitrogens with one attached hydrogen (secondary N) is 1. The summed E-state index contributed by atoms with van der Waals surface area (Å²) in [5.74, 6) is -1.10. The second-order valence-electron chi connectivity index (χ2n) is 6.16. The molecule has 0 atom stereocenters. The molecule has 2 aromatic carbocycles. The van der Waals surface area contributed by atoms with Gasteiger partial charge in [0.05, 0.1) is 6.42 Å². The highest BCUT2D eigenvalue weighted by molar-refractivity contribution is 7.98. The standard InChI is InChI=1S/C21H23NO4S/c1-14-4-5-16(12-15(14)2)19(23)10-11-21(25)26-13-20(24)22-17-6-8-18(27-3)9-7-17/h4-9,12H,10-11,13H2,1-3H3,(H,22,24). The summed E-state index contributed by atoms with van der Waals surface area (Å²) in [7, 11) is 0. The number of thioether (sulfide) groups is 1. The molecule has 0 spiro atoms. The van der Waals surface area contributed by atoms with Crippen LogP contribution in [0.2, 0.25) is 0 Å². The van der Waals surface area contributed by atoms with Gasteiger partial charge < -0.3 is 10.1 Å². The van der Waals surface area contributed by atoms with Crippen LogP contribution in [0.25, 0.3) is 0 Å². The van der Waals surface area contributed by atoms with Crippen LogP contribution in [0.15, 0.2) is 47.4 Å². The monoisotopic (exact) mass is 385 g/mol. The van der Waals surface area contributed by atoms with E-state index in [9.17, 15) is 14.4 Å². The minimum atomic E-state index is -0.569. The third-order valence-corrected chi connectivity index (χ3v) is 4.87. The van der Waals surface area contributed by atoms with E-state index in [1.165, 1.54) is 0 Å². The molecule has 0 saturated carbocycles. The van der Waals surface area contributed by atoms with Gasteiger partial charge >= 0.3 is 5.97 Å². The summed E-state index contributed by atoms with van der Waals surface area (Å²) < 4.78 is 4.94. The van der Waals surface area contributed by atoms with Gasteiger partial charge in [-0.15, -0.1) is 11.8 Å². The molecule has 0 heterocycles. The van der Waals surface area contributed by atoms with Gasteiger partial charge in [0.25, 0.3) is 5.91 Å². The number of benzene rings is 2. The fourth-order valence-corrected chi connectivity index (χ4v) is 2.77. The SMILES string of the molecule is CSc1ccc(NC(=O)COC(=O)CCC(=O)c2ccc(C)c(C)c2)cc1. The van der Waals surface area contributed by atoms with Crippen molar-refractivity contribution in [1.29, 1.82) is 0 Å². The molecule has 1 N–H and O–H groups in total. The molecular weight excluding hydrogens is 362 g/mol. The van der Waals surface area contributed by atoms with E-state index in [1.54, 1.807) is 30.0 Å². The van der Waals surface area contributed by atoms with Crippen LogP contribution in [0, 0.1) is 13.8 Å². The maximum Gasteiger partial charge on any atom is 0.306 e.